The minimum absolute atomic E-state index is 0.0813. The van der Waals surface area contributed by atoms with Crippen LogP contribution in [-0.4, -0.2) is 42.3 Å². The highest BCUT2D eigenvalue weighted by molar-refractivity contribution is 5.96. The Bertz CT molecular complexity index is 970. The van der Waals surface area contributed by atoms with Crippen molar-refractivity contribution < 1.29 is 9.53 Å². The number of anilines is 2. The van der Waals surface area contributed by atoms with Crippen molar-refractivity contribution in [2.75, 3.05) is 30.3 Å². The Balaban J connectivity index is 1.87. The number of esters is 1. The molecule has 1 saturated carbocycles. The van der Waals surface area contributed by atoms with Gasteiger partial charge in [-0.05, 0) is 45.7 Å². The monoisotopic (exact) mass is 384 g/mol. The van der Waals surface area contributed by atoms with Gasteiger partial charge in [-0.3, -0.25) is 4.79 Å². The van der Waals surface area contributed by atoms with Gasteiger partial charge in [0.05, 0.1) is 23.5 Å². The van der Waals surface area contributed by atoms with E-state index < -0.39 is 5.97 Å². The van der Waals surface area contributed by atoms with Gasteiger partial charge in [0.2, 0.25) is 5.43 Å². The van der Waals surface area contributed by atoms with Gasteiger partial charge in [-0.2, -0.15) is 0 Å². The van der Waals surface area contributed by atoms with E-state index in [1.165, 1.54) is 0 Å². The summed E-state index contributed by atoms with van der Waals surface area (Å²) in [6.07, 6.45) is 3.76. The van der Waals surface area contributed by atoms with Crippen LogP contribution in [0.2, 0.25) is 0 Å². The molecule has 28 heavy (non-hydrogen) atoms. The second-order valence-electron chi connectivity index (χ2n) is 8.03. The predicted octanol–water partition coefficient (Wildman–Crippen LogP) is 2.28. The minimum Gasteiger partial charge on any atom is -0.462 e. The van der Waals surface area contributed by atoms with Crippen LogP contribution in [-0.2, 0) is 4.74 Å². The number of nitrogen functional groups attached to an aromatic ring is 1. The molecule has 2 heterocycles. The third-order valence-electron chi connectivity index (χ3n) is 5.51. The number of rotatable bonds is 4. The Morgan fingerprint density at radius 3 is 2.54 bits per heavy atom. The topological polar surface area (TPSA) is 89.6 Å². The van der Waals surface area contributed by atoms with E-state index in [0.717, 1.165) is 37.1 Å². The zero-order chi connectivity index (χ0) is 20.0. The number of nitrogens with two attached hydrogens (primary N) is 1. The van der Waals surface area contributed by atoms with E-state index in [1.54, 1.807) is 19.2 Å². The molecule has 150 valence electrons. The molecule has 0 unspecified atom stereocenters. The maximum Gasteiger partial charge on any atom is 0.343 e. The Morgan fingerprint density at radius 1 is 1.25 bits per heavy atom. The largest absolute Gasteiger partial charge is 0.462 e. The van der Waals surface area contributed by atoms with E-state index in [0.29, 0.717) is 29.2 Å². The van der Waals surface area contributed by atoms with Gasteiger partial charge in [0, 0.05) is 42.8 Å². The molecule has 2 aliphatic rings. The molecule has 2 atom stereocenters. The van der Waals surface area contributed by atoms with E-state index in [1.807, 2.05) is 6.07 Å². The molecule has 1 aliphatic carbocycles. The average Bonchev–Trinajstić information content (AvgIpc) is 3.46. The molecule has 1 saturated heterocycles. The first-order valence-corrected chi connectivity index (χ1v) is 10.1. The zero-order valence-corrected chi connectivity index (χ0v) is 16.7. The first kappa shape index (κ1) is 18.8. The van der Waals surface area contributed by atoms with Crippen LogP contribution < -0.4 is 21.4 Å². The molecule has 4 rings (SSSR count). The fourth-order valence-electron chi connectivity index (χ4n) is 4.21. The summed E-state index contributed by atoms with van der Waals surface area (Å²) in [6, 6.07) is 4.77. The lowest BCUT2D eigenvalue weighted by atomic mass is 10.1. The average molecular weight is 384 g/mol. The molecule has 2 aromatic rings. The fourth-order valence-corrected chi connectivity index (χ4v) is 4.21. The SMILES string of the molecule is CCOC(=O)c1cn(C2CC2)c2cc(N3C[C@@H](C)N[C@@H](C)C3)c(N)cc2c1=O. The number of fused-ring (bicyclic) bond motifs is 1. The number of pyridine rings is 1. The molecule has 3 N–H and O–H groups in total. The van der Waals surface area contributed by atoms with Crippen molar-refractivity contribution in [1.82, 2.24) is 9.88 Å². The molecular weight excluding hydrogens is 356 g/mol. The first-order valence-electron chi connectivity index (χ1n) is 10.1. The van der Waals surface area contributed by atoms with Crippen molar-refractivity contribution in [3.63, 3.8) is 0 Å². The normalized spacial score (nSPS) is 22.5. The van der Waals surface area contributed by atoms with Crippen LogP contribution in [0.3, 0.4) is 0 Å². The second kappa shape index (κ2) is 7.13. The highest BCUT2D eigenvalue weighted by Crippen LogP contribution is 2.39. The molecule has 0 bridgehead atoms. The highest BCUT2D eigenvalue weighted by atomic mass is 16.5. The summed E-state index contributed by atoms with van der Waals surface area (Å²) >= 11 is 0. The van der Waals surface area contributed by atoms with Crippen molar-refractivity contribution in [3.05, 3.63) is 34.1 Å². The van der Waals surface area contributed by atoms with Crippen molar-refractivity contribution >= 4 is 28.2 Å². The van der Waals surface area contributed by atoms with Crippen LogP contribution in [0.5, 0.6) is 0 Å². The molecule has 0 spiro atoms. The number of piperazine rings is 1. The molecule has 1 aromatic carbocycles. The van der Waals surface area contributed by atoms with Gasteiger partial charge in [0.15, 0.2) is 0 Å². The van der Waals surface area contributed by atoms with Crippen LogP contribution in [0.1, 0.15) is 50.0 Å². The van der Waals surface area contributed by atoms with Gasteiger partial charge >= 0.3 is 5.97 Å². The molecular formula is C21H28N4O3. The molecule has 1 aliphatic heterocycles. The molecule has 7 heteroatoms. The third kappa shape index (κ3) is 3.35. The van der Waals surface area contributed by atoms with Gasteiger partial charge in [0.1, 0.15) is 5.56 Å². The van der Waals surface area contributed by atoms with Gasteiger partial charge < -0.3 is 25.3 Å². The van der Waals surface area contributed by atoms with Crippen LogP contribution in [0.15, 0.2) is 23.1 Å². The number of hydrogen-bond donors (Lipinski definition) is 2. The molecule has 0 radical (unpaired) electrons. The zero-order valence-electron chi connectivity index (χ0n) is 16.7. The van der Waals surface area contributed by atoms with E-state index in [-0.39, 0.29) is 17.6 Å². The number of ether oxygens (including phenoxy) is 1. The summed E-state index contributed by atoms with van der Waals surface area (Å²) in [4.78, 5) is 27.6. The van der Waals surface area contributed by atoms with Crippen molar-refractivity contribution in [2.24, 2.45) is 0 Å². The number of hydrogen-bond acceptors (Lipinski definition) is 6. The van der Waals surface area contributed by atoms with Gasteiger partial charge in [-0.15, -0.1) is 0 Å². The third-order valence-corrected chi connectivity index (χ3v) is 5.51. The van der Waals surface area contributed by atoms with Crippen molar-refractivity contribution in [2.45, 2.75) is 51.7 Å². The lowest BCUT2D eigenvalue weighted by Crippen LogP contribution is -2.54. The van der Waals surface area contributed by atoms with E-state index in [4.69, 9.17) is 10.5 Å². The van der Waals surface area contributed by atoms with E-state index in [2.05, 4.69) is 28.6 Å². The number of benzene rings is 1. The lowest BCUT2D eigenvalue weighted by Gasteiger charge is -2.38. The quantitative estimate of drug-likeness (QED) is 0.621. The fraction of sp³-hybridized carbons (Fsp3) is 0.524. The lowest BCUT2D eigenvalue weighted by molar-refractivity contribution is 0.0524. The summed E-state index contributed by atoms with van der Waals surface area (Å²) in [5.41, 5.74) is 8.49. The van der Waals surface area contributed by atoms with Crippen molar-refractivity contribution in [3.8, 4) is 0 Å². The van der Waals surface area contributed by atoms with Gasteiger partial charge in [0.25, 0.3) is 0 Å². The standard InChI is InChI=1S/C21H28N4O3/c1-4-28-21(27)16-11-25(14-5-6-14)18-8-19(17(22)7-15(18)20(16)26)24-9-12(2)23-13(3)10-24/h7-8,11-14,23H,4-6,9-10,22H2,1-3H3/t12-,13+. The van der Waals surface area contributed by atoms with Gasteiger partial charge in [-0.1, -0.05) is 0 Å². The van der Waals surface area contributed by atoms with E-state index >= 15 is 0 Å². The number of aromatic nitrogens is 1. The minimum atomic E-state index is -0.573. The highest BCUT2D eigenvalue weighted by Gasteiger charge is 2.29. The summed E-state index contributed by atoms with van der Waals surface area (Å²) in [5.74, 6) is -0.573. The number of nitrogens with one attached hydrogen (secondary N) is 1. The maximum atomic E-state index is 13.0. The van der Waals surface area contributed by atoms with Gasteiger partial charge in [-0.25, -0.2) is 4.79 Å². The smallest absolute Gasteiger partial charge is 0.343 e. The molecule has 2 fully saturated rings. The maximum absolute atomic E-state index is 13.0. The van der Waals surface area contributed by atoms with Crippen LogP contribution in [0.25, 0.3) is 10.9 Å². The Hall–Kier alpha value is -2.54. The number of carbonyl (C=O) groups is 1. The Morgan fingerprint density at radius 2 is 1.93 bits per heavy atom. The summed E-state index contributed by atoms with van der Waals surface area (Å²) in [5, 5.41) is 4.01. The molecule has 1 aromatic heterocycles. The summed E-state index contributed by atoms with van der Waals surface area (Å²) in [6.45, 7) is 8.00. The molecule has 7 nitrogen and oxygen atoms in total. The Labute approximate surface area is 164 Å². The van der Waals surface area contributed by atoms with Crippen LogP contribution in [0, 0.1) is 0 Å². The first-order chi connectivity index (χ1) is 13.4. The van der Waals surface area contributed by atoms with Crippen molar-refractivity contribution in [1.29, 1.82) is 0 Å². The number of carbonyl (C=O) groups excluding carboxylic acids is 1. The van der Waals surface area contributed by atoms with Crippen LogP contribution >= 0.6 is 0 Å². The second-order valence-corrected chi connectivity index (χ2v) is 8.03. The summed E-state index contributed by atoms with van der Waals surface area (Å²) in [7, 11) is 0. The summed E-state index contributed by atoms with van der Waals surface area (Å²) < 4.78 is 7.14. The molecule has 0 amide bonds. The Kier molecular flexibility index (Phi) is 4.79. The van der Waals surface area contributed by atoms with E-state index in [9.17, 15) is 9.59 Å². The predicted molar refractivity (Wildman–Crippen MR) is 111 cm³/mol. The van der Waals surface area contributed by atoms with Crippen LogP contribution in [0.4, 0.5) is 11.4 Å². The number of nitrogens with zero attached hydrogens (tertiary/aromatic N) is 2.